The van der Waals surface area contributed by atoms with Crippen LogP contribution in [0.25, 0.3) is 0 Å². The fraction of sp³-hybridized carbons (Fsp3) is 1.00. The fourth-order valence-electron chi connectivity index (χ4n) is 2.12. The molecule has 21 heavy (non-hydrogen) atoms. The number of ether oxygens (including phenoxy) is 2. The Kier molecular flexibility index (Phi) is 8.45. The second kappa shape index (κ2) is 8.50. The highest BCUT2D eigenvalue weighted by Gasteiger charge is 2.42. The van der Waals surface area contributed by atoms with Crippen LogP contribution in [0, 0.1) is 11.3 Å². The topological polar surface area (TPSA) is 38.7 Å². The molecule has 0 aliphatic carbocycles. The van der Waals surface area contributed by atoms with Crippen molar-refractivity contribution in [2.75, 3.05) is 19.8 Å². The van der Waals surface area contributed by atoms with Crippen LogP contribution in [-0.2, 0) is 9.47 Å². The van der Waals surface area contributed by atoms with Crippen molar-refractivity contribution < 1.29 is 14.6 Å². The van der Waals surface area contributed by atoms with E-state index in [1.54, 1.807) is 0 Å². The third kappa shape index (κ3) is 6.66. The van der Waals surface area contributed by atoms with Gasteiger partial charge in [-0.25, -0.2) is 0 Å². The zero-order valence-corrected chi connectivity index (χ0v) is 15.6. The van der Waals surface area contributed by atoms with E-state index in [0.717, 1.165) is 25.9 Å². The van der Waals surface area contributed by atoms with Gasteiger partial charge < -0.3 is 14.6 Å². The second-order valence-electron chi connectivity index (χ2n) is 7.88. The van der Waals surface area contributed by atoms with Crippen molar-refractivity contribution >= 4 is 0 Å². The molecule has 0 saturated heterocycles. The summed E-state index contributed by atoms with van der Waals surface area (Å²) < 4.78 is 12.1. The molecule has 0 heterocycles. The molecule has 0 aromatic heterocycles. The van der Waals surface area contributed by atoms with E-state index in [9.17, 15) is 5.11 Å². The SMILES string of the molecule is CCCCOC(C)(C)CCOC(C)(C)C(C)(C)C(C)CO. The summed E-state index contributed by atoms with van der Waals surface area (Å²) in [6.45, 7) is 18.7. The summed E-state index contributed by atoms with van der Waals surface area (Å²) in [6, 6.07) is 0. The third-order valence-corrected chi connectivity index (χ3v) is 5.22. The maximum atomic E-state index is 9.43. The molecule has 0 aliphatic heterocycles. The summed E-state index contributed by atoms with van der Waals surface area (Å²) >= 11 is 0. The highest BCUT2D eigenvalue weighted by molar-refractivity contribution is 4.91. The van der Waals surface area contributed by atoms with E-state index >= 15 is 0 Å². The molecule has 0 aromatic carbocycles. The number of rotatable bonds is 11. The first kappa shape index (κ1) is 20.9. The van der Waals surface area contributed by atoms with E-state index in [1.165, 1.54) is 0 Å². The maximum Gasteiger partial charge on any atom is 0.0680 e. The van der Waals surface area contributed by atoms with Gasteiger partial charge in [-0.2, -0.15) is 0 Å². The lowest BCUT2D eigenvalue weighted by atomic mass is 9.68. The lowest BCUT2D eigenvalue weighted by molar-refractivity contribution is -0.138. The molecule has 0 aromatic rings. The minimum Gasteiger partial charge on any atom is -0.396 e. The van der Waals surface area contributed by atoms with Crippen LogP contribution in [0.5, 0.6) is 0 Å². The molecule has 0 fully saturated rings. The van der Waals surface area contributed by atoms with Crippen LogP contribution >= 0.6 is 0 Å². The number of hydrogen-bond donors (Lipinski definition) is 1. The molecule has 0 radical (unpaired) electrons. The molecule has 0 amide bonds. The van der Waals surface area contributed by atoms with Gasteiger partial charge in [0.15, 0.2) is 0 Å². The van der Waals surface area contributed by atoms with Gasteiger partial charge in [0.2, 0.25) is 0 Å². The Morgan fingerprint density at radius 1 is 0.952 bits per heavy atom. The zero-order chi connectivity index (χ0) is 16.7. The van der Waals surface area contributed by atoms with Crippen LogP contribution < -0.4 is 0 Å². The Morgan fingerprint density at radius 2 is 1.52 bits per heavy atom. The van der Waals surface area contributed by atoms with Crippen molar-refractivity contribution in [3.8, 4) is 0 Å². The third-order valence-electron chi connectivity index (χ3n) is 5.22. The average molecular weight is 302 g/mol. The molecule has 0 rings (SSSR count). The van der Waals surface area contributed by atoms with E-state index in [4.69, 9.17) is 9.47 Å². The Hall–Kier alpha value is -0.120. The monoisotopic (exact) mass is 302 g/mol. The zero-order valence-electron chi connectivity index (χ0n) is 15.6. The summed E-state index contributed by atoms with van der Waals surface area (Å²) in [7, 11) is 0. The smallest absolute Gasteiger partial charge is 0.0680 e. The lowest BCUT2D eigenvalue weighted by Gasteiger charge is -2.45. The number of unbranched alkanes of at least 4 members (excludes halogenated alkanes) is 1. The van der Waals surface area contributed by atoms with Crippen LogP contribution in [0.15, 0.2) is 0 Å². The second-order valence-corrected chi connectivity index (χ2v) is 7.88. The Morgan fingerprint density at radius 3 is 2.00 bits per heavy atom. The van der Waals surface area contributed by atoms with Crippen molar-refractivity contribution in [3.05, 3.63) is 0 Å². The predicted octanol–water partition coefficient (Wildman–Crippen LogP) is 4.42. The molecule has 1 unspecified atom stereocenters. The Labute approximate surface area is 132 Å². The van der Waals surface area contributed by atoms with E-state index in [0.29, 0.717) is 6.61 Å². The molecule has 3 heteroatoms. The molecule has 0 saturated carbocycles. The standard InChI is InChI=1S/C18H38O3/c1-9-10-12-20-16(3,4)11-13-21-18(7,8)17(5,6)15(2)14-19/h15,19H,9-14H2,1-8H3. The van der Waals surface area contributed by atoms with E-state index in [-0.39, 0.29) is 29.1 Å². The highest BCUT2D eigenvalue weighted by atomic mass is 16.5. The number of aliphatic hydroxyl groups is 1. The van der Waals surface area contributed by atoms with E-state index in [2.05, 4.69) is 55.4 Å². The predicted molar refractivity (Wildman–Crippen MR) is 89.6 cm³/mol. The molecule has 0 bridgehead atoms. The van der Waals surface area contributed by atoms with Crippen LogP contribution in [0.3, 0.4) is 0 Å². The summed E-state index contributed by atoms with van der Waals surface area (Å²) in [6.07, 6.45) is 3.15. The molecule has 1 atom stereocenters. The minimum absolute atomic E-state index is 0.0883. The summed E-state index contributed by atoms with van der Waals surface area (Å²) in [5.74, 6) is 0.196. The first-order chi connectivity index (χ1) is 9.50. The molecule has 128 valence electrons. The minimum atomic E-state index is -0.283. The van der Waals surface area contributed by atoms with Crippen LogP contribution in [-0.4, -0.2) is 36.1 Å². The van der Waals surface area contributed by atoms with Crippen molar-refractivity contribution in [3.63, 3.8) is 0 Å². The van der Waals surface area contributed by atoms with Crippen molar-refractivity contribution in [2.45, 2.75) is 85.9 Å². The maximum absolute atomic E-state index is 9.43. The van der Waals surface area contributed by atoms with Gasteiger partial charge >= 0.3 is 0 Å². The van der Waals surface area contributed by atoms with Gasteiger partial charge in [0, 0.05) is 13.2 Å². The van der Waals surface area contributed by atoms with Crippen molar-refractivity contribution in [1.29, 1.82) is 0 Å². The summed E-state index contributed by atoms with van der Waals surface area (Å²) in [4.78, 5) is 0. The van der Waals surface area contributed by atoms with Gasteiger partial charge in [0.1, 0.15) is 0 Å². The Bertz CT molecular complexity index is 282. The van der Waals surface area contributed by atoms with E-state index in [1.807, 2.05) is 0 Å². The van der Waals surface area contributed by atoms with E-state index < -0.39 is 0 Å². The largest absolute Gasteiger partial charge is 0.396 e. The molecule has 3 nitrogen and oxygen atoms in total. The molecular formula is C18H38O3. The number of aliphatic hydroxyl groups excluding tert-OH is 1. The molecule has 0 spiro atoms. The van der Waals surface area contributed by atoms with Gasteiger partial charge in [-0.1, -0.05) is 34.1 Å². The molecule has 1 N–H and O–H groups in total. The molecular weight excluding hydrogens is 264 g/mol. The van der Waals surface area contributed by atoms with Gasteiger partial charge in [-0.3, -0.25) is 0 Å². The van der Waals surface area contributed by atoms with Crippen LogP contribution in [0.2, 0.25) is 0 Å². The first-order valence-electron chi connectivity index (χ1n) is 8.39. The number of hydrogen-bond acceptors (Lipinski definition) is 3. The van der Waals surface area contributed by atoms with Gasteiger partial charge in [-0.05, 0) is 51.9 Å². The first-order valence-corrected chi connectivity index (χ1v) is 8.39. The average Bonchev–Trinajstić information content (AvgIpc) is 2.37. The molecule has 0 aliphatic rings. The fourth-order valence-corrected chi connectivity index (χ4v) is 2.12. The van der Waals surface area contributed by atoms with Crippen LogP contribution in [0.1, 0.15) is 74.7 Å². The quantitative estimate of drug-likeness (QED) is 0.574. The van der Waals surface area contributed by atoms with Gasteiger partial charge in [-0.15, -0.1) is 0 Å². The Balaban J connectivity index is 4.37. The lowest BCUT2D eigenvalue weighted by Crippen LogP contribution is -2.47. The van der Waals surface area contributed by atoms with Crippen molar-refractivity contribution in [1.82, 2.24) is 0 Å². The normalized spacial score (nSPS) is 15.3. The van der Waals surface area contributed by atoms with Gasteiger partial charge in [0.05, 0.1) is 17.8 Å². The van der Waals surface area contributed by atoms with Gasteiger partial charge in [0.25, 0.3) is 0 Å². The summed E-state index contributed by atoms with van der Waals surface area (Å²) in [5, 5.41) is 9.43. The van der Waals surface area contributed by atoms with Crippen molar-refractivity contribution in [2.24, 2.45) is 11.3 Å². The highest BCUT2D eigenvalue weighted by Crippen LogP contribution is 2.40. The summed E-state index contributed by atoms with van der Waals surface area (Å²) in [5.41, 5.74) is -0.512. The van der Waals surface area contributed by atoms with Crippen LogP contribution in [0.4, 0.5) is 0 Å².